The molecule has 76 valence electrons. The minimum Gasteiger partial charge on any atom is -0.506 e. The molecule has 0 amide bonds. The summed E-state index contributed by atoms with van der Waals surface area (Å²) in [6, 6.07) is 3.86. The van der Waals surface area contributed by atoms with E-state index in [4.69, 9.17) is 5.73 Å². The fraction of sp³-hybridized carbons (Fsp3) is 0.250. The molecule has 0 atom stereocenters. The normalized spacial score (nSPS) is 9.79. The van der Waals surface area contributed by atoms with Gasteiger partial charge in [0.2, 0.25) is 0 Å². The lowest BCUT2D eigenvalue weighted by Crippen LogP contribution is -2.13. The number of rotatable bonds is 4. The summed E-state index contributed by atoms with van der Waals surface area (Å²) < 4.78 is 0. The first-order chi connectivity index (χ1) is 6.65. The maximum absolute atomic E-state index is 10.3. The topological polar surface area (TPSA) is 101 Å². The first-order valence-corrected chi connectivity index (χ1v) is 4.06. The number of nitrogens with one attached hydrogen (secondary N) is 1. The van der Waals surface area contributed by atoms with Crippen molar-refractivity contribution in [3.05, 3.63) is 28.3 Å². The summed E-state index contributed by atoms with van der Waals surface area (Å²) in [5, 5.41) is 22.5. The van der Waals surface area contributed by atoms with Crippen molar-refractivity contribution in [2.45, 2.75) is 0 Å². The Kier molecular flexibility index (Phi) is 3.24. The number of non-ortho nitro benzene ring substituents is 1. The molecule has 0 saturated heterocycles. The van der Waals surface area contributed by atoms with Crippen LogP contribution < -0.4 is 11.1 Å². The van der Waals surface area contributed by atoms with Gasteiger partial charge in [0.1, 0.15) is 5.75 Å². The minimum atomic E-state index is -0.563. The fourth-order valence-electron chi connectivity index (χ4n) is 0.990. The first kappa shape index (κ1) is 10.3. The van der Waals surface area contributed by atoms with E-state index in [2.05, 4.69) is 5.32 Å². The third-order valence-electron chi connectivity index (χ3n) is 1.65. The molecule has 6 nitrogen and oxygen atoms in total. The van der Waals surface area contributed by atoms with E-state index in [9.17, 15) is 15.2 Å². The Morgan fingerprint density at radius 3 is 2.79 bits per heavy atom. The van der Waals surface area contributed by atoms with Gasteiger partial charge < -0.3 is 16.2 Å². The first-order valence-electron chi connectivity index (χ1n) is 4.06. The molecule has 6 heteroatoms. The van der Waals surface area contributed by atoms with Crippen molar-refractivity contribution in [3.63, 3.8) is 0 Å². The van der Waals surface area contributed by atoms with Crippen LogP contribution in [-0.2, 0) is 0 Å². The van der Waals surface area contributed by atoms with Crippen LogP contribution in [0, 0.1) is 10.1 Å². The van der Waals surface area contributed by atoms with E-state index in [1.165, 1.54) is 12.1 Å². The lowest BCUT2D eigenvalue weighted by atomic mass is 10.2. The van der Waals surface area contributed by atoms with Gasteiger partial charge >= 0.3 is 0 Å². The predicted octanol–water partition coefficient (Wildman–Crippen LogP) is 0.671. The molecule has 14 heavy (non-hydrogen) atoms. The van der Waals surface area contributed by atoms with Crippen LogP contribution in [0.5, 0.6) is 5.75 Å². The second-order valence-electron chi connectivity index (χ2n) is 2.67. The molecule has 0 radical (unpaired) electrons. The molecule has 1 aromatic carbocycles. The largest absolute Gasteiger partial charge is 0.506 e. The number of benzene rings is 1. The molecule has 0 bridgehead atoms. The number of nitrogens with two attached hydrogens (primary N) is 1. The van der Waals surface area contributed by atoms with E-state index in [1.54, 1.807) is 0 Å². The van der Waals surface area contributed by atoms with E-state index >= 15 is 0 Å². The van der Waals surface area contributed by atoms with Crippen LogP contribution in [0.4, 0.5) is 11.4 Å². The lowest BCUT2D eigenvalue weighted by Gasteiger charge is -2.05. The molecule has 0 aliphatic carbocycles. The highest BCUT2D eigenvalue weighted by atomic mass is 16.6. The number of aromatic hydroxyl groups is 1. The molecule has 1 aromatic rings. The number of nitro groups is 1. The van der Waals surface area contributed by atoms with Crippen molar-refractivity contribution in [1.29, 1.82) is 0 Å². The van der Waals surface area contributed by atoms with Gasteiger partial charge in [0, 0.05) is 19.2 Å². The summed E-state index contributed by atoms with van der Waals surface area (Å²) in [5.74, 6) is -0.146. The molecule has 0 spiro atoms. The molecule has 0 heterocycles. The number of phenolic OH excluding ortho intramolecular Hbond substituents is 1. The van der Waals surface area contributed by atoms with E-state index in [0.29, 0.717) is 18.8 Å². The summed E-state index contributed by atoms with van der Waals surface area (Å²) >= 11 is 0. The Labute approximate surface area is 80.5 Å². The average Bonchev–Trinajstić information content (AvgIpc) is 2.15. The number of nitrogens with zero attached hydrogens (tertiary/aromatic N) is 1. The van der Waals surface area contributed by atoms with Gasteiger partial charge in [-0.25, -0.2) is 0 Å². The van der Waals surface area contributed by atoms with Gasteiger partial charge in [-0.2, -0.15) is 0 Å². The zero-order valence-corrected chi connectivity index (χ0v) is 7.43. The van der Waals surface area contributed by atoms with Crippen LogP contribution in [0.25, 0.3) is 0 Å². The number of anilines is 1. The minimum absolute atomic E-state index is 0.138. The molecule has 0 unspecified atom stereocenters. The highest BCUT2D eigenvalue weighted by Gasteiger charge is 2.08. The Balaban J connectivity index is 2.84. The summed E-state index contributed by atoms with van der Waals surface area (Å²) in [7, 11) is 0. The van der Waals surface area contributed by atoms with E-state index < -0.39 is 4.92 Å². The number of phenols is 1. The third-order valence-corrected chi connectivity index (χ3v) is 1.65. The Hall–Kier alpha value is -1.82. The monoisotopic (exact) mass is 197 g/mol. The second kappa shape index (κ2) is 4.43. The van der Waals surface area contributed by atoms with Gasteiger partial charge in [-0.15, -0.1) is 0 Å². The van der Waals surface area contributed by atoms with E-state index in [1.807, 2.05) is 0 Å². The van der Waals surface area contributed by atoms with Gasteiger partial charge in [0.15, 0.2) is 0 Å². The zero-order chi connectivity index (χ0) is 10.6. The lowest BCUT2D eigenvalue weighted by molar-refractivity contribution is -0.384. The number of hydrogen-bond acceptors (Lipinski definition) is 5. The van der Waals surface area contributed by atoms with Crippen LogP contribution >= 0.6 is 0 Å². The van der Waals surface area contributed by atoms with Gasteiger partial charge in [-0.1, -0.05) is 0 Å². The van der Waals surface area contributed by atoms with Crippen LogP contribution in [0.1, 0.15) is 0 Å². The molecule has 0 fully saturated rings. The van der Waals surface area contributed by atoms with E-state index in [0.717, 1.165) is 6.07 Å². The maximum Gasteiger partial charge on any atom is 0.273 e. The van der Waals surface area contributed by atoms with Crippen molar-refractivity contribution in [1.82, 2.24) is 0 Å². The molecular weight excluding hydrogens is 186 g/mol. The maximum atomic E-state index is 10.3. The molecule has 0 aromatic heterocycles. The smallest absolute Gasteiger partial charge is 0.273 e. The molecule has 0 aliphatic heterocycles. The standard InChI is InChI=1S/C8H11N3O3/c9-3-4-10-7-2-1-6(11(13)14)5-8(7)12/h1-2,5,10,12H,3-4,9H2. The Morgan fingerprint density at radius 1 is 1.57 bits per heavy atom. The van der Waals surface area contributed by atoms with Crippen molar-refractivity contribution in [3.8, 4) is 5.75 Å². The molecule has 1 rings (SSSR count). The van der Waals surface area contributed by atoms with Crippen LogP contribution in [0.15, 0.2) is 18.2 Å². The quantitative estimate of drug-likeness (QED) is 0.374. The second-order valence-corrected chi connectivity index (χ2v) is 2.67. The molecule has 0 saturated carbocycles. The molecular formula is C8H11N3O3. The van der Waals surface area contributed by atoms with Gasteiger partial charge in [-0.05, 0) is 6.07 Å². The average molecular weight is 197 g/mol. The predicted molar refractivity (Wildman–Crippen MR) is 52.3 cm³/mol. The van der Waals surface area contributed by atoms with Crippen molar-refractivity contribution < 1.29 is 10.0 Å². The number of hydrogen-bond donors (Lipinski definition) is 3. The molecule has 0 aliphatic rings. The van der Waals surface area contributed by atoms with Crippen LogP contribution in [-0.4, -0.2) is 23.1 Å². The van der Waals surface area contributed by atoms with Crippen molar-refractivity contribution >= 4 is 11.4 Å². The number of nitro benzene ring substituents is 1. The fourth-order valence-corrected chi connectivity index (χ4v) is 0.990. The highest BCUT2D eigenvalue weighted by molar-refractivity contribution is 5.59. The summed E-state index contributed by atoms with van der Waals surface area (Å²) in [6.07, 6.45) is 0. The van der Waals surface area contributed by atoms with Gasteiger partial charge in [0.05, 0.1) is 16.7 Å². The summed E-state index contributed by atoms with van der Waals surface area (Å²) in [4.78, 5) is 9.77. The molecule has 4 N–H and O–H groups in total. The summed E-state index contributed by atoms with van der Waals surface area (Å²) in [5.41, 5.74) is 5.56. The van der Waals surface area contributed by atoms with Crippen molar-refractivity contribution in [2.24, 2.45) is 5.73 Å². The Bertz CT molecular complexity index is 341. The van der Waals surface area contributed by atoms with Crippen LogP contribution in [0.3, 0.4) is 0 Å². The third kappa shape index (κ3) is 2.33. The SMILES string of the molecule is NCCNc1ccc([N+](=O)[O-])cc1O. The Morgan fingerprint density at radius 2 is 2.29 bits per heavy atom. The van der Waals surface area contributed by atoms with Crippen LogP contribution in [0.2, 0.25) is 0 Å². The zero-order valence-electron chi connectivity index (χ0n) is 7.43. The van der Waals surface area contributed by atoms with Gasteiger partial charge in [0.25, 0.3) is 5.69 Å². The summed E-state index contributed by atoms with van der Waals surface area (Å²) in [6.45, 7) is 0.932. The van der Waals surface area contributed by atoms with Gasteiger partial charge in [-0.3, -0.25) is 10.1 Å². The van der Waals surface area contributed by atoms with Crippen molar-refractivity contribution in [2.75, 3.05) is 18.4 Å². The van der Waals surface area contributed by atoms with E-state index in [-0.39, 0.29) is 11.4 Å². The highest BCUT2D eigenvalue weighted by Crippen LogP contribution is 2.27.